The number of benzene rings is 3. The Labute approximate surface area is 299 Å². The molecule has 2 bridgehead atoms. The number of ether oxygens (including phenoxy) is 4. The van der Waals surface area contributed by atoms with Crippen molar-refractivity contribution < 1.29 is 38.0 Å². The lowest BCUT2D eigenvalue weighted by Gasteiger charge is -2.44. The topological polar surface area (TPSA) is 111 Å². The summed E-state index contributed by atoms with van der Waals surface area (Å²) in [7, 11) is 3.03. The second-order valence-corrected chi connectivity index (χ2v) is 13.1. The van der Waals surface area contributed by atoms with Crippen LogP contribution in [0.15, 0.2) is 73.1 Å². The molecule has 13 heteroatoms. The first-order valence-corrected chi connectivity index (χ1v) is 16.9. The molecule has 4 heterocycles. The van der Waals surface area contributed by atoms with Crippen molar-refractivity contribution in [3.63, 3.8) is 0 Å². The van der Waals surface area contributed by atoms with Gasteiger partial charge < -0.3 is 24.1 Å². The van der Waals surface area contributed by atoms with Gasteiger partial charge in [-0.3, -0.25) is 14.8 Å². The van der Waals surface area contributed by atoms with Crippen molar-refractivity contribution in [1.82, 2.24) is 9.88 Å². The van der Waals surface area contributed by atoms with Crippen molar-refractivity contribution in [2.24, 2.45) is 5.92 Å². The highest BCUT2D eigenvalue weighted by atomic mass is 35.5. The second kappa shape index (κ2) is 15.5. The summed E-state index contributed by atoms with van der Waals surface area (Å²) in [5.41, 5.74) is 1.78. The Balaban J connectivity index is 1.27. The fourth-order valence-electron chi connectivity index (χ4n) is 6.48. The molecule has 3 aliphatic heterocycles. The van der Waals surface area contributed by atoms with Gasteiger partial charge in [0.15, 0.2) is 17.3 Å². The van der Waals surface area contributed by atoms with Crippen LogP contribution in [-0.4, -0.2) is 67.0 Å². The van der Waals surface area contributed by atoms with Crippen LogP contribution in [0.1, 0.15) is 46.0 Å². The molecule has 4 aromatic rings. The number of carbonyl (C=O) groups excluding carboxylic acids is 2. The number of amides is 1. The predicted molar refractivity (Wildman–Crippen MR) is 186 cm³/mol. The molecule has 262 valence electrons. The molecule has 0 radical (unpaired) electrons. The highest BCUT2D eigenvalue weighted by Gasteiger charge is 2.38. The van der Waals surface area contributed by atoms with Crippen LogP contribution in [0, 0.1) is 11.7 Å². The number of nitrogens with zero attached hydrogens (tertiary/aromatic N) is 3. The van der Waals surface area contributed by atoms with Gasteiger partial charge in [-0.2, -0.15) is 0 Å². The van der Waals surface area contributed by atoms with Gasteiger partial charge in [0.2, 0.25) is 0 Å². The molecule has 1 N–H and O–H groups in total. The fraction of sp³-hybridized carbons (Fsp3) is 0.324. The molecule has 10 nitrogen and oxygen atoms in total. The van der Waals surface area contributed by atoms with E-state index in [0.29, 0.717) is 44.8 Å². The van der Waals surface area contributed by atoms with Crippen molar-refractivity contribution in [3.8, 4) is 17.2 Å². The molecule has 3 aromatic carbocycles. The first kappa shape index (κ1) is 35.3. The molecule has 0 saturated carbocycles. The SMILES string of the molecule is COc1ccc([C@H](Cc2c(Cl)cncc2Cl)OC(=O)c2cccc(CN(C(=O)O[C@H]3CN4CCC3CC4)c3ccc(O)cc3F)c2)cc1OC. The number of carbonyl (C=O) groups is 2. The number of esters is 1. The van der Waals surface area contributed by atoms with Crippen LogP contribution < -0.4 is 14.4 Å². The van der Waals surface area contributed by atoms with Gasteiger partial charge in [0.05, 0.1) is 42.1 Å². The van der Waals surface area contributed by atoms with Crippen LogP contribution in [0.4, 0.5) is 14.9 Å². The van der Waals surface area contributed by atoms with Crippen LogP contribution in [0.5, 0.6) is 17.2 Å². The number of fused-ring (bicyclic) bond motifs is 3. The average Bonchev–Trinajstić information content (AvgIpc) is 3.12. The van der Waals surface area contributed by atoms with Crippen molar-refractivity contribution >= 4 is 41.0 Å². The molecule has 0 unspecified atom stereocenters. The van der Waals surface area contributed by atoms with Crippen molar-refractivity contribution in [1.29, 1.82) is 0 Å². The molecule has 2 atom stereocenters. The summed E-state index contributed by atoms with van der Waals surface area (Å²) in [4.78, 5) is 34.9. The zero-order valence-corrected chi connectivity index (χ0v) is 29.0. The number of piperidine rings is 3. The summed E-state index contributed by atoms with van der Waals surface area (Å²) in [6.07, 6.45) is 3.01. The van der Waals surface area contributed by atoms with Gasteiger partial charge in [0, 0.05) is 31.4 Å². The van der Waals surface area contributed by atoms with E-state index in [0.717, 1.165) is 32.0 Å². The number of halogens is 3. The van der Waals surface area contributed by atoms with E-state index in [2.05, 4.69) is 9.88 Å². The Morgan fingerprint density at radius 2 is 1.74 bits per heavy atom. The van der Waals surface area contributed by atoms with E-state index < -0.39 is 24.0 Å². The number of phenols is 1. The molecule has 0 aliphatic carbocycles. The zero-order valence-electron chi connectivity index (χ0n) is 27.5. The number of aromatic nitrogens is 1. The Hall–Kier alpha value is -4.58. The summed E-state index contributed by atoms with van der Waals surface area (Å²) in [5, 5.41) is 10.5. The Morgan fingerprint density at radius 1 is 1.00 bits per heavy atom. The lowest BCUT2D eigenvalue weighted by molar-refractivity contribution is -0.0311. The van der Waals surface area contributed by atoms with Crippen LogP contribution in [-0.2, 0) is 22.4 Å². The molecule has 1 aromatic heterocycles. The van der Waals surface area contributed by atoms with E-state index in [1.807, 2.05) is 0 Å². The summed E-state index contributed by atoms with van der Waals surface area (Å²) < 4.78 is 38.1. The van der Waals surface area contributed by atoms with Crippen LogP contribution >= 0.6 is 23.2 Å². The van der Waals surface area contributed by atoms with Crippen LogP contribution in [0.2, 0.25) is 10.0 Å². The molecule has 3 saturated heterocycles. The largest absolute Gasteiger partial charge is 0.508 e. The maximum Gasteiger partial charge on any atom is 0.415 e. The highest BCUT2D eigenvalue weighted by Crippen LogP contribution is 2.36. The third kappa shape index (κ3) is 7.90. The van der Waals surface area contributed by atoms with Gasteiger partial charge in [-0.05, 0) is 84.9 Å². The van der Waals surface area contributed by atoms with Crippen LogP contribution in [0.3, 0.4) is 0 Å². The minimum absolute atomic E-state index is 0.0679. The van der Waals surface area contributed by atoms with Gasteiger partial charge in [-0.25, -0.2) is 14.0 Å². The van der Waals surface area contributed by atoms with E-state index in [1.165, 1.54) is 43.6 Å². The minimum atomic E-state index is -0.859. The molecule has 50 heavy (non-hydrogen) atoms. The minimum Gasteiger partial charge on any atom is -0.508 e. The number of phenolic OH excluding ortho intramolecular Hbond substituents is 1. The molecule has 3 aliphatic rings. The van der Waals surface area contributed by atoms with Crippen molar-refractivity contribution in [2.75, 3.05) is 38.8 Å². The molecule has 3 fully saturated rings. The third-order valence-corrected chi connectivity index (χ3v) is 9.82. The maximum atomic E-state index is 15.2. The Kier molecular flexibility index (Phi) is 11.0. The molecule has 0 spiro atoms. The Bertz CT molecular complexity index is 1850. The van der Waals surface area contributed by atoms with Crippen molar-refractivity contribution in [2.45, 2.75) is 38.0 Å². The van der Waals surface area contributed by atoms with E-state index in [4.69, 9.17) is 42.1 Å². The third-order valence-electron chi connectivity index (χ3n) is 9.16. The normalized spacial score (nSPS) is 18.6. The average molecular weight is 725 g/mol. The number of aromatic hydroxyl groups is 1. The van der Waals surface area contributed by atoms with Gasteiger partial charge in [0.1, 0.15) is 18.0 Å². The first-order chi connectivity index (χ1) is 24.1. The van der Waals surface area contributed by atoms with E-state index in [-0.39, 0.29) is 42.0 Å². The number of pyridine rings is 1. The zero-order chi connectivity index (χ0) is 35.4. The number of methoxy groups -OCH3 is 2. The predicted octanol–water partition coefficient (Wildman–Crippen LogP) is 7.63. The quantitative estimate of drug-likeness (QED) is 0.156. The second-order valence-electron chi connectivity index (χ2n) is 12.3. The van der Waals surface area contributed by atoms with Crippen molar-refractivity contribution in [3.05, 3.63) is 111 Å². The molecular formula is C37H36Cl2FN3O7. The number of hydrogen-bond acceptors (Lipinski definition) is 9. The maximum absolute atomic E-state index is 15.2. The molecule has 7 rings (SSSR count). The smallest absolute Gasteiger partial charge is 0.415 e. The summed E-state index contributed by atoms with van der Waals surface area (Å²) in [5.74, 6) is -0.561. The summed E-state index contributed by atoms with van der Waals surface area (Å²) in [6, 6.07) is 15.3. The van der Waals surface area contributed by atoms with E-state index >= 15 is 4.39 Å². The molecule has 1 amide bonds. The summed E-state index contributed by atoms with van der Waals surface area (Å²) >= 11 is 12.9. The monoisotopic (exact) mass is 723 g/mol. The summed E-state index contributed by atoms with van der Waals surface area (Å²) in [6.45, 7) is 2.44. The van der Waals surface area contributed by atoms with Gasteiger partial charge >= 0.3 is 12.1 Å². The van der Waals surface area contributed by atoms with Gasteiger partial charge in [-0.1, -0.05) is 41.4 Å². The number of anilines is 1. The first-order valence-electron chi connectivity index (χ1n) is 16.1. The highest BCUT2D eigenvalue weighted by molar-refractivity contribution is 6.35. The molecular weight excluding hydrogens is 688 g/mol. The fourth-order valence-corrected chi connectivity index (χ4v) is 6.99. The number of hydrogen-bond donors (Lipinski definition) is 1. The van der Waals surface area contributed by atoms with Crippen LogP contribution in [0.25, 0.3) is 0 Å². The lowest BCUT2D eigenvalue weighted by atomic mass is 9.86. The van der Waals surface area contributed by atoms with Gasteiger partial charge in [0.25, 0.3) is 0 Å². The van der Waals surface area contributed by atoms with Gasteiger partial charge in [-0.15, -0.1) is 0 Å². The number of rotatable bonds is 11. The standard InChI is InChI=1S/C37H36Cl2FN3O7/c1-47-32-9-6-24(15-34(32)48-2)33(17-27-28(38)18-41-19-29(27)39)49-36(45)25-5-3-4-22(14-25)20-43(31-8-7-26(44)16-30(31)40)37(46)50-35-21-42-12-10-23(35)11-13-42/h3-9,14-16,18-19,23,33,35,44H,10-13,17,20-21H2,1-2H3/t33-,35-/m0/s1. The van der Waals surface area contributed by atoms with E-state index in [1.54, 1.807) is 42.5 Å². The lowest BCUT2D eigenvalue weighted by Crippen LogP contribution is -2.53. The van der Waals surface area contributed by atoms with E-state index in [9.17, 15) is 14.7 Å². The Morgan fingerprint density at radius 3 is 2.40 bits per heavy atom.